The van der Waals surface area contributed by atoms with Crippen LogP contribution in [0.15, 0.2) is 36.9 Å². The van der Waals surface area contributed by atoms with E-state index in [2.05, 4.69) is 4.98 Å². The van der Waals surface area contributed by atoms with Crippen LogP contribution in [0.3, 0.4) is 0 Å². The molecule has 5 nitrogen and oxygen atoms in total. The van der Waals surface area contributed by atoms with Gasteiger partial charge in [0.2, 0.25) is 0 Å². The molecule has 0 bridgehead atoms. The first-order valence-corrected chi connectivity index (χ1v) is 5.68. The summed E-state index contributed by atoms with van der Waals surface area (Å²) >= 11 is 0. The minimum absolute atomic E-state index is 0.0262. The number of carbonyl (C=O) groups is 1. The second kappa shape index (κ2) is 3.87. The number of benzene rings is 1. The van der Waals surface area contributed by atoms with Crippen LogP contribution in [0, 0.1) is 0 Å². The van der Waals surface area contributed by atoms with Gasteiger partial charge in [0.05, 0.1) is 11.9 Å². The number of phenols is 1. The molecule has 92 valence electrons. The summed E-state index contributed by atoms with van der Waals surface area (Å²) in [6, 6.07) is 4.13. The van der Waals surface area contributed by atoms with Crippen LogP contribution in [0.25, 0.3) is 0 Å². The molecule has 0 fully saturated rings. The summed E-state index contributed by atoms with van der Waals surface area (Å²) in [6.07, 6.45) is 4.68. The Bertz CT molecular complexity index is 592. The molecule has 0 saturated heterocycles. The van der Waals surface area contributed by atoms with Crippen molar-refractivity contribution in [1.29, 1.82) is 0 Å². The summed E-state index contributed by atoms with van der Waals surface area (Å²) in [4.78, 5) is 16.4. The van der Waals surface area contributed by atoms with Crippen molar-refractivity contribution < 1.29 is 14.6 Å². The average Bonchev–Trinajstić information content (AvgIpc) is 2.82. The Hall–Kier alpha value is -2.30. The first kappa shape index (κ1) is 10.8. The van der Waals surface area contributed by atoms with Crippen LogP contribution in [-0.2, 0) is 0 Å². The highest BCUT2D eigenvalue weighted by molar-refractivity contribution is 6.02. The smallest absolute Gasteiger partial charge is 0.193 e. The SMILES string of the molecule is C[C@@H]1Oc2cc(O)ccc2C(=O)[C@H]1n1ccnc1. The number of hydrogen-bond acceptors (Lipinski definition) is 4. The number of imidazole rings is 1. The van der Waals surface area contributed by atoms with Crippen molar-refractivity contribution in [3.05, 3.63) is 42.5 Å². The van der Waals surface area contributed by atoms with Gasteiger partial charge in [0.1, 0.15) is 23.6 Å². The van der Waals surface area contributed by atoms with Crippen molar-refractivity contribution >= 4 is 5.78 Å². The van der Waals surface area contributed by atoms with E-state index in [0.29, 0.717) is 11.3 Å². The number of fused-ring (bicyclic) bond motifs is 1. The molecule has 3 rings (SSSR count). The van der Waals surface area contributed by atoms with Crippen LogP contribution < -0.4 is 4.74 Å². The monoisotopic (exact) mass is 244 g/mol. The molecule has 0 spiro atoms. The van der Waals surface area contributed by atoms with Gasteiger partial charge in [-0.1, -0.05) is 0 Å². The Morgan fingerprint density at radius 3 is 3.00 bits per heavy atom. The van der Waals surface area contributed by atoms with E-state index >= 15 is 0 Å². The average molecular weight is 244 g/mol. The van der Waals surface area contributed by atoms with E-state index < -0.39 is 6.04 Å². The van der Waals surface area contributed by atoms with Crippen molar-refractivity contribution in [2.45, 2.75) is 19.1 Å². The second-order valence-corrected chi connectivity index (χ2v) is 4.32. The van der Waals surface area contributed by atoms with E-state index in [1.807, 2.05) is 6.92 Å². The third kappa shape index (κ3) is 1.55. The Balaban J connectivity index is 2.07. The number of carbonyl (C=O) groups excluding carboxylic acids is 1. The van der Waals surface area contributed by atoms with Gasteiger partial charge in [-0.05, 0) is 19.1 Å². The third-order valence-electron chi connectivity index (χ3n) is 3.10. The number of phenolic OH excluding ortho intramolecular Hbond substituents is 1. The van der Waals surface area contributed by atoms with Gasteiger partial charge >= 0.3 is 0 Å². The summed E-state index contributed by atoms with van der Waals surface area (Å²) in [5.41, 5.74) is 0.490. The fourth-order valence-corrected chi connectivity index (χ4v) is 2.26. The molecule has 2 atom stereocenters. The predicted octanol–water partition coefficient (Wildman–Crippen LogP) is 1.79. The lowest BCUT2D eigenvalue weighted by molar-refractivity contribution is 0.0717. The number of Topliss-reactive ketones (excluding diaryl/α,β-unsaturated/α-hetero) is 1. The van der Waals surface area contributed by atoms with Gasteiger partial charge in [-0.25, -0.2) is 4.98 Å². The van der Waals surface area contributed by atoms with E-state index in [1.165, 1.54) is 12.1 Å². The molecule has 1 aliphatic rings. The van der Waals surface area contributed by atoms with Gasteiger partial charge in [0.25, 0.3) is 0 Å². The van der Waals surface area contributed by atoms with Crippen LogP contribution in [0.1, 0.15) is 23.3 Å². The zero-order valence-electron chi connectivity index (χ0n) is 9.78. The zero-order chi connectivity index (χ0) is 12.7. The Labute approximate surface area is 104 Å². The molecule has 1 aromatic heterocycles. The summed E-state index contributed by atoms with van der Waals surface area (Å²) < 4.78 is 7.43. The van der Waals surface area contributed by atoms with Crippen molar-refractivity contribution in [3.8, 4) is 11.5 Å². The molecular weight excluding hydrogens is 232 g/mol. The van der Waals surface area contributed by atoms with Crippen LogP contribution in [-0.4, -0.2) is 26.5 Å². The van der Waals surface area contributed by atoms with Gasteiger partial charge in [-0.15, -0.1) is 0 Å². The lowest BCUT2D eigenvalue weighted by atomic mass is 9.96. The lowest BCUT2D eigenvalue weighted by Crippen LogP contribution is -2.37. The van der Waals surface area contributed by atoms with E-state index in [9.17, 15) is 9.90 Å². The number of rotatable bonds is 1. The molecule has 1 N–H and O–H groups in total. The van der Waals surface area contributed by atoms with Crippen molar-refractivity contribution in [2.24, 2.45) is 0 Å². The maximum absolute atomic E-state index is 12.4. The van der Waals surface area contributed by atoms with Gasteiger partial charge in [0, 0.05) is 18.5 Å². The van der Waals surface area contributed by atoms with Crippen LogP contribution >= 0.6 is 0 Å². The zero-order valence-corrected chi connectivity index (χ0v) is 9.78. The fraction of sp³-hybridized carbons (Fsp3) is 0.231. The summed E-state index contributed by atoms with van der Waals surface area (Å²) in [5, 5.41) is 9.40. The molecule has 2 aromatic rings. The molecule has 18 heavy (non-hydrogen) atoms. The van der Waals surface area contributed by atoms with Crippen molar-refractivity contribution in [3.63, 3.8) is 0 Å². The van der Waals surface area contributed by atoms with Crippen molar-refractivity contribution in [2.75, 3.05) is 0 Å². The van der Waals surface area contributed by atoms with E-state index in [0.717, 1.165) is 0 Å². The number of ketones is 1. The molecule has 1 aliphatic heterocycles. The molecule has 5 heteroatoms. The summed E-state index contributed by atoms with van der Waals surface area (Å²) in [5.74, 6) is 0.500. The fourth-order valence-electron chi connectivity index (χ4n) is 2.26. The minimum atomic E-state index is -0.412. The first-order chi connectivity index (χ1) is 8.66. The molecule has 2 heterocycles. The lowest BCUT2D eigenvalue weighted by Gasteiger charge is -2.30. The normalized spacial score (nSPS) is 22.4. The topological polar surface area (TPSA) is 64.3 Å². The maximum Gasteiger partial charge on any atom is 0.193 e. The highest BCUT2D eigenvalue weighted by Gasteiger charge is 2.35. The van der Waals surface area contributed by atoms with E-state index in [-0.39, 0.29) is 17.6 Å². The standard InChI is InChI=1S/C13H12N2O3/c1-8-12(15-5-4-14-7-15)13(17)10-3-2-9(16)6-11(10)18-8/h2-8,12,16H,1H3/t8-,12-/m0/s1. The van der Waals surface area contributed by atoms with Crippen LogP contribution in [0.4, 0.5) is 0 Å². The predicted molar refractivity (Wildman–Crippen MR) is 63.8 cm³/mol. The van der Waals surface area contributed by atoms with E-state index in [1.54, 1.807) is 29.4 Å². The number of aromatic hydroxyl groups is 1. The van der Waals surface area contributed by atoms with Gasteiger partial charge < -0.3 is 14.4 Å². The quantitative estimate of drug-likeness (QED) is 0.830. The Kier molecular flexibility index (Phi) is 2.33. The summed E-state index contributed by atoms with van der Waals surface area (Å²) in [6.45, 7) is 1.83. The molecule has 0 unspecified atom stereocenters. The number of ether oxygens (including phenoxy) is 1. The van der Waals surface area contributed by atoms with Gasteiger partial charge in [-0.2, -0.15) is 0 Å². The van der Waals surface area contributed by atoms with Crippen LogP contribution in [0.5, 0.6) is 11.5 Å². The van der Waals surface area contributed by atoms with Gasteiger partial charge in [-0.3, -0.25) is 4.79 Å². The number of aromatic nitrogens is 2. The third-order valence-corrected chi connectivity index (χ3v) is 3.10. The molecule has 0 radical (unpaired) electrons. The molecule has 1 aromatic carbocycles. The molecule has 0 saturated carbocycles. The minimum Gasteiger partial charge on any atom is -0.508 e. The Morgan fingerprint density at radius 1 is 1.44 bits per heavy atom. The highest BCUT2D eigenvalue weighted by Crippen LogP contribution is 2.35. The van der Waals surface area contributed by atoms with E-state index in [4.69, 9.17) is 4.74 Å². The summed E-state index contributed by atoms with van der Waals surface area (Å²) in [7, 11) is 0. The Morgan fingerprint density at radius 2 is 2.28 bits per heavy atom. The van der Waals surface area contributed by atoms with Crippen LogP contribution in [0.2, 0.25) is 0 Å². The molecule has 0 aliphatic carbocycles. The number of nitrogens with zero attached hydrogens (tertiary/aromatic N) is 2. The second-order valence-electron chi connectivity index (χ2n) is 4.32. The van der Waals surface area contributed by atoms with Gasteiger partial charge in [0.15, 0.2) is 5.78 Å². The molecular formula is C13H12N2O3. The van der Waals surface area contributed by atoms with Crippen molar-refractivity contribution in [1.82, 2.24) is 9.55 Å². The highest BCUT2D eigenvalue weighted by atomic mass is 16.5. The molecule has 0 amide bonds. The first-order valence-electron chi connectivity index (χ1n) is 5.68. The largest absolute Gasteiger partial charge is 0.508 e. The maximum atomic E-state index is 12.4. The number of hydrogen-bond donors (Lipinski definition) is 1.